The third-order valence-electron chi connectivity index (χ3n) is 2.28. The highest BCUT2D eigenvalue weighted by Crippen LogP contribution is 2.20. The molecule has 0 aromatic rings. The number of amides is 1. The van der Waals surface area contributed by atoms with Crippen molar-refractivity contribution in [1.29, 1.82) is 0 Å². The second-order valence-electron chi connectivity index (χ2n) is 5.20. The fourth-order valence-corrected chi connectivity index (χ4v) is 1.49. The van der Waals surface area contributed by atoms with E-state index in [0.717, 1.165) is 6.42 Å². The Morgan fingerprint density at radius 3 is 2.62 bits per heavy atom. The molecule has 0 bridgehead atoms. The summed E-state index contributed by atoms with van der Waals surface area (Å²) in [7, 11) is 0. The van der Waals surface area contributed by atoms with Gasteiger partial charge in [0, 0.05) is 0 Å². The van der Waals surface area contributed by atoms with Gasteiger partial charge in [0.2, 0.25) is 0 Å². The summed E-state index contributed by atoms with van der Waals surface area (Å²) in [5.41, 5.74) is -1.53. The van der Waals surface area contributed by atoms with Gasteiger partial charge in [0.15, 0.2) is 0 Å². The van der Waals surface area contributed by atoms with E-state index in [0.29, 0.717) is 13.0 Å². The Balaban J connectivity index is 2.58. The number of carbonyl (C=O) groups excluding carboxylic acids is 2. The van der Waals surface area contributed by atoms with E-state index in [2.05, 4.69) is 5.32 Å². The molecule has 16 heavy (non-hydrogen) atoms. The zero-order valence-corrected chi connectivity index (χ0v) is 10.3. The minimum absolute atomic E-state index is 0.399. The zero-order chi connectivity index (χ0) is 12.4. The van der Waals surface area contributed by atoms with Crippen molar-refractivity contribution in [2.45, 2.75) is 51.7 Å². The van der Waals surface area contributed by atoms with Gasteiger partial charge in [0.1, 0.15) is 11.1 Å². The van der Waals surface area contributed by atoms with Crippen LogP contribution in [0.15, 0.2) is 0 Å². The zero-order valence-electron chi connectivity index (χ0n) is 10.3. The lowest BCUT2D eigenvalue weighted by Crippen LogP contribution is -2.56. The predicted molar refractivity (Wildman–Crippen MR) is 58.0 cm³/mol. The Morgan fingerprint density at radius 1 is 1.50 bits per heavy atom. The minimum Gasteiger partial charge on any atom is -0.464 e. The number of hydrogen-bond acceptors (Lipinski definition) is 4. The second kappa shape index (κ2) is 4.31. The van der Waals surface area contributed by atoms with Gasteiger partial charge in [0.25, 0.3) is 0 Å². The highest BCUT2D eigenvalue weighted by Gasteiger charge is 2.39. The van der Waals surface area contributed by atoms with Crippen LogP contribution in [-0.4, -0.2) is 29.8 Å². The number of alkyl carbamates (subject to hydrolysis) is 1. The van der Waals surface area contributed by atoms with Gasteiger partial charge in [-0.1, -0.05) is 0 Å². The summed E-state index contributed by atoms with van der Waals surface area (Å²) in [6, 6.07) is 0. The Labute approximate surface area is 95.5 Å². The molecule has 1 heterocycles. The molecule has 92 valence electrons. The van der Waals surface area contributed by atoms with Gasteiger partial charge < -0.3 is 14.8 Å². The first-order valence-corrected chi connectivity index (χ1v) is 5.41. The molecule has 0 aliphatic carbocycles. The van der Waals surface area contributed by atoms with E-state index in [4.69, 9.17) is 9.47 Å². The molecule has 0 saturated carbocycles. The maximum Gasteiger partial charge on any atom is 0.408 e. The molecule has 0 spiro atoms. The van der Waals surface area contributed by atoms with Gasteiger partial charge in [0.05, 0.1) is 6.61 Å². The molecule has 1 aliphatic heterocycles. The summed E-state index contributed by atoms with van der Waals surface area (Å²) in [5, 5.41) is 2.57. The van der Waals surface area contributed by atoms with Crippen LogP contribution in [0, 0.1) is 0 Å². The molecule has 1 unspecified atom stereocenters. The summed E-state index contributed by atoms with van der Waals surface area (Å²) >= 11 is 0. The second-order valence-corrected chi connectivity index (χ2v) is 5.20. The maximum absolute atomic E-state index is 11.5. The Kier molecular flexibility index (Phi) is 3.45. The summed E-state index contributed by atoms with van der Waals surface area (Å²) in [6.07, 6.45) is 0.734. The first kappa shape index (κ1) is 12.8. The van der Waals surface area contributed by atoms with Crippen molar-refractivity contribution in [2.24, 2.45) is 0 Å². The Hall–Kier alpha value is -1.26. The largest absolute Gasteiger partial charge is 0.464 e. The van der Waals surface area contributed by atoms with E-state index in [1.165, 1.54) is 0 Å². The van der Waals surface area contributed by atoms with Crippen LogP contribution in [0.5, 0.6) is 0 Å². The van der Waals surface area contributed by atoms with Gasteiger partial charge in [-0.15, -0.1) is 0 Å². The van der Waals surface area contributed by atoms with Crippen LogP contribution in [0.3, 0.4) is 0 Å². The van der Waals surface area contributed by atoms with E-state index in [9.17, 15) is 9.59 Å². The SMILES string of the molecule is CC(C)(C)OC(=O)NC1(C)CCCOC1=O. The lowest BCUT2D eigenvalue weighted by Gasteiger charge is -2.32. The highest BCUT2D eigenvalue weighted by atomic mass is 16.6. The molecular formula is C11H19NO4. The van der Waals surface area contributed by atoms with Crippen molar-refractivity contribution < 1.29 is 19.1 Å². The third kappa shape index (κ3) is 3.40. The Morgan fingerprint density at radius 2 is 2.12 bits per heavy atom. The van der Waals surface area contributed by atoms with Crippen molar-refractivity contribution in [2.75, 3.05) is 6.61 Å². The van der Waals surface area contributed by atoms with Gasteiger partial charge in [-0.05, 0) is 40.5 Å². The van der Waals surface area contributed by atoms with Crippen LogP contribution < -0.4 is 5.32 Å². The lowest BCUT2D eigenvalue weighted by atomic mass is 9.94. The molecule has 1 saturated heterocycles. The molecular weight excluding hydrogens is 210 g/mol. The first-order valence-electron chi connectivity index (χ1n) is 5.41. The number of cyclic esters (lactones) is 1. The topological polar surface area (TPSA) is 64.6 Å². The van der Waals surface area contributed by atoms with Crippen LogP contribution in [-0.2, 0) is 14.3 Å². The van der Waals surface area contributed by atoms with E-state index >= 15 is 0 Å². The first-order chi connectivity index (χ1) is 7.23. The van der Waals surface area contributed by atoms with Gasteiger partial charge in [-0.3, -0.25) is 0 Å². The van der Waals surface area contributed by atoms with Crippen LogP contribution in [0.2, 0.25) is 0 Å². The molecule has 5 heteroatoms. The van der Waals surface area contributed by atoms with E-state index in [-0.39, 0.29) is 0 Å². The number of hydrogen-bond donors (Lipinski definition) is 1. The van der Waals surface area contributed by atoms with E-state index in [1.807, 2.05) is 0 Å². The van der Waals surface area contributed by atoms with Gasteiger partial charge >= 0.3 is 12.1 Å². The van der Waals surface area contributed by atoms with Crippen LogP contribution in [0.1, 0.15) is 40.5 Å². The standard InChI is InChI=1S/C11H19NO4/c1-10(2,3)16-9(14)12-11(4)6-5-7-15-8(11)13/h5-7H2,1-4H3,(H,12,14). The van der Waals surface area contributed by atoms with Crippen molar-refractivity contribution >= 4 is 12.1 Å². The summed E-state index contributed by atoms with van der Waals surface area (Å²) in [5.74, 6) is -0.399. The molecule has 1 fully saturated rings. The average molecular weight is 229 g/mol. The van der Waals surface area contributed by atoms with Crippen molar-refractivity contribution in [3.05, 3.63) is 0 Å². The molecule has 0 aromatic carbocycles. The number of carbonyl (C=O) groups is 2. The monoisotopic (exact) mass is 229 g/mol. The van der Waals surface area contributed by atoms with Crippen molar-refractivity contribution in [1.82, 2.24) is 5.32 Å². The fraction of sp³-hybridized carbons (Fsp3) is 0.818. The van der Waals surface area contributed by atoms with E-state index < -0.39 is 23.2 Å². The normalized spacial score (nSPS) is 25.9. The molecule has 0 aromatic heterocycles. The smallest absolute Gasteiger partial charge is 0.408 e. The minimum atomic E-state index is -0.958. The Bertz CT molecular complexity index is 295. The third-order valence-corrected chi connectivity index (χ3v) is 2.28. The molecule has 1 aliphatic rings. The number of nitrogens with one attached hydrogen (secondary N) is 1. The average Bonchev–Trinajstić information content (AvgIpc) is 2.06. The molecule has 1 atom stereocenters. The highest BCUT2D eigenvalue weighted by molar-refractivity contribution is 5.85. The van der Waals surface area contributed by atoms with Crippen molar-refractivity contribution in [3.63, 3.8) is 0 Å². The number of esters is 1. The van der Waals surface area contributed by atoms with Crippen LogP contribution in [0.25, 0.3) is 0 Å². The van der Waals surface area contributed by atoms with Crippen LogP contribution in [0.4, 0.5) is 4.79 Å². The lowest BCUT2D eigenvalue weighted by molar-refractivity contribution is -0.155. The molecule has 0 radical (unpaired) electrons. The molecule has 5 nitrogen and oxygen atoms in total. The quantitative estimate of drug-likeness (QED) is 0.694. The van der Waals surface area contributed by atoms with Crippen molar-refractivity contribution in [3.8, 4) is 0 Å². The van der Waals surface area contributed by atoms with E-state index in [1.54, 1.807) is 27.7 Å². The van der Waals surface area contributed by atoms with Gasteiger partial charge in [-0.25, -0.2) is 9.59 Å². The summed E-state index contributed by atoms with van der Waals surface area (Å²) in [4.78, 5) is 23.1. The number of ether oxygens (including phenoxy) is 2. The maximum atomic E-state index is 11.5. The molecule has 1 rings (SSSR count). The van der Waals surface area contributed by atoms with Gasteiger partial charge in [-0.2, -0.15) is 0 Å². The fourth-order valence-electron chi connectivity index (χ4n) is 1.49. The molecule has 1 amide bonds. The number of rotatable bonds is 1. The predicted octanol–water partition coefficient (Wildman–Crippen LogP) is 1.61. The summed E-state index contributed by atoms with van der Waals surface area (Å²) in [6.45, 7) is 7.39. The summed E-state index contributed by atoms with van der Waals surface area (Å²) < 4.78 is 10.0. The van der Waals surface area contributed by atoms with Crippen LogP contribution >= 0.6 is 0 Å². The molecule has 1 N–H and O–H groups in total.